The van der Waals surface area contributed by atoms with Gasteiger partial charge in [-0.1, -0.05) is 24.4 Å². The Morgan fingerprint density at radius 2 is 2.08 bits per heavy atom. The molecule has 0 unspecified atom stereocenters. The van der Waals surface area contributed by atoms with Crippen LogP contribution in [0.5, 0.6) is 0 Å². The van der Waals surface area contributed by atoms with Crippen molar-refractivity contribution in [2.24, 2.45) is 0 Å². The molecule has 0 radical (unpaired) electrons. The maximum atomic E-state index is 12.1. The summed E-state index contributed by atoms with van der Waals surface area (Å²) in [6, 6.07) is 4.01. The van der Waals surface area contributed by atoms with Crippen molar-refractivity contribution in [3.05, 3.63) is 27.5 Å². The van der Waals surface area contributed by atoms with Gasteiger partial charge in [-0.25, -0.2) is 4.98 Å². The third-order valence-corrected chi connectivity index (χ3v) is 6.12. The molecular weight excluding hydrogens is 366 g/mol. The predicted molar refractivity (Wildman–Crippen MR) is 97.8 cm³/mol. The fourth-order valence-electron chi connectivity index (χ4n) is 2.67. The first-order valence-electron chi connectivity index (χ1n) is 7.90. The molecule has 128 valence electrons. The number of thiophene rings is 1. The van der Waals surface area contributed by atoms with Gasteiger partial charge in [-0.2, -0.15) is 0 Å². The van der Waals surface area contributed by atoms with Gasteiger partial charge in [-0.15, -0.1) is 22.7 Å². The number of aromatic nitrogens is 1. The van der Waals surface area contributed by atoms with Gasteiger partial charge < -0.3 is 10.6 Å². The van der Waals surface area contributed by atoms with Crippen LogP contribution in [0.25, 0.3) is 9.88 Å². The Labute approximate surface area is 153 Å². The number of hydrogen-bond acceptors (Lipinski definition) is 5. The van der Waals surface area contributed by atoms with E-state index in [1.54, 1.807) is 5.38 Å². The molecule has 2 aromatic rings. The number of halogens is 1. The number of amides is 2. The summed E-state index contributed by atoms with van der Waals surface area (Å²) in [6.45, 7) is 0.315. The highest BCUT2D eigenvalue weighted by Gasteiger charge is 2.17. The normalized spacial score (nSPS) is 14.7. The van der Waals surface area contributed by atoms with E-state index in [0.717, 1.165) is 22.7 Å². The van der Waals surface area contributed by atoms with E-state index in [-0.39, 0.29) is 11.8 Å². The minimum atomic E-state index is -0.256. The largest absolute Gasteiger partial charge is 0.353 e. The molecule has 2 aromatic heterocycles. The molecular formula is C16H18ClN3O2S2. The topological polar surface area (TPSA) is 71.1 Å². The van der Waals surface area contributed by atoms with Crippen LogP contribution in [-0.4, -0.2) is 29.4 Å². The summed E-state index contributed by atoms with van der Waals surface area (Å²) in [5.74, 6) is -0.261. The number of nitrogens with zero attached hydrogens (tertiary/aromatic N) is 1. The number of hydrogen-bond donors (Lipinski definition) is 2. The first-order valence-corrected chi connectivity index (χ1v) is 9.98. The van der Waals surface area contributed by atoms with Gasteiger partial charge >= 0.3 is 0 Å². The molecule has 1 aliphatic rings. The molecule has 24 heavy (non-hydrogen) atoms. The molecule has 2 amide bonds. The van der Waals surface area contributed by atoms with Crippen molar-refractivity contribution >= 4 is 46.1 Å². The second-order valence-electron chi connectivity index (χ2n) is 5.70. The third-order valence-electron chi connectivity index (χ3n) is 3.88. The Balaban J connectivity index is 1.45. The average molecular weight is 384 g/mol. The van der Waals surface area contributed by atoms with Crippen LogP contribution in [0.2, 0.25) is 4.34 Å². The molecule has 1 saturated carbocycles. The van der Waals surface area contributed by atoms with Gasteiger partial charge in [0.05, 0.1) is 9.21 Å². The van der Waals surface area contributed by atoms with E-state index < -0.39 is 0 Å². The molecule has 1 aliphatic carbocycles. The summed E-state index contributed by atoms with van der Waals surface area (Å²) in [5, 5.41) is 8.25. The van der Waals surface area contributed by atoms with E-state index in [1.165, 1.54) is 35.5 Å². The molecule has 3 rings (SSSR count). The van der Waals surface area contributed by atoms with E-state index in [2.05, 4.69) is 15.6 Å². The van der Waals surface area contributed by atoms with E-state index in [0.29, 0.717) is 29.0 Å². The minimum Gasteiger partial charge on any atom is -0.353 e. The Hall–Kier alpha value is -1.44. The van der Waals surface area contributed by atoms with Crippen molar-refractivity contribution in [1.29, 1.82) is 0 Å². The van der Waals surface area contributed by atoms with Crippen LogP contribution in [0.3, 0.4) is 0 Å². The van der Waals surface area contributed by atoms with Gasteiger partial charge in [0.1, 0.15) is 10.7 Å². The zero-order valence-corrected chi connectivity index (χ0v) is 15.4. The lowest BCUT2D eigenvalue weighted by molar-refractivity contribution is -0.121. The molecule has 2 N–H and O–H groups in total. The molecule has 8 heteroatoms. The molecule has 0 aromatic carbocycles. The highest BCUT2D eigenvalue weighted by atomic mass is 35.5. The van der Waals surface area contributed by atoms with Crippen LogP contribution in [0.4, 0.5) is 0 Å². The second kappa shape index (κ2) is 8.09. The van der Waals surface area contributed by atoms with Gasteiger partial charge in [0, 0.05) is 24.4 Å². The van der Waals surface area contributed by atoms with E-state index >= 15 is 0 Å². The smallest absolute Gasteiger partial charge is 0.270 e. The summed E-state index contributed by atoms with van der Waals surface area (Å²) in [7, 11) is 0. The monoisotopic (exact) mass is 383 g/mol. The van der Waals surface area contributed by atoms with Gasteiger partial charge in [-0.3, -0.25) is 9.59 Å². The Morgan fingerprint density at radius 1 is 1.29 bits per heavy atom. The summed E-state index contributed by atoms with van der Waals surface area (Å²) >= 11 is 8.75. The van der Waals surface area contributed by atoms with Crippen LogP contribution >= 0.6 is 34.3 Å². The molecule has 1 fully saturated rings. The number of rotatable bonds is 6. The highest BCUT2D eigenvalue weighted by Crippen LogP contribution is 2.32. The lowest BCUT2D eigenvalue weighted by atomic mass is 10.2. The molecule has 2 heterocycles. The van der Waals surface area contributed by atoms with Crippen LogP contribution in [0, 0.1) is 0 Å². The van der Waals surface area contributed by atoms with Crippen molar-refractivity contribution in [3.8, 4) is 9.88 Å². The van der Waals surface area contributed by atoms with Gasteiger partial charge in [0.15, 0.2) is 0 Å². The van der Waals surface area contributed by atoms with Crippen LogP contribution in [-0.2, 0) is 4.79 Å². The van der Waals surface area contributed by atoms with Crippen LogP contribution < -0.4 is 10.6 Å². The lowest BCUT2D eigenvalue weighted by Gasteiger charge is -2.11. The molecule has 0 spiro atoms. The van der Waals surface area contributed by atoms with E-state index in [9.17, 15) is 9.59 Å². The average Bonchev–Trinajstić information content (AvgIpc) is 3.27. The number of carbonyl (C=O) groups excluding carboxylic acids is 2. The van der Waals surface area contributed by atoms with E-state index in [4.69, 9.17) is 11.6 Å². The lowest BCUT2D eigenvalue weighted by Crippen LogP contribution is -2.35. The third kappa shape index (κ3) is 4.55. The molecule has 0 atom stereocenters. The van der Waals surface area contributed by atoms with Crippen LogP contribution in [0.1, 0.15) is 42.6 Å². The van der Waals surface area contributed by atoms with Crippen molar-refractivity contribution < 1.29 is 9.59 Å². The fourth-order valence-corrected chi connectivity index (χ4v) is 4.59. The zero-order valence-electron chi connectivity index (χ0n) is 13.0. The SMILES string of the molecule is O=C(CCNC(=O)c1csc(-c2ccc(Cl)s2)n1)NC1CCCC1. The molecule has 0 bridgehead atoms. The standard InChI is InChI=1S/C16H18ClN3O2S2/c17-13-6-5-12(24-13)16-20-11(9-23-16)15(22)18-8-7-14(21)19-10-3-1-2-4-10/h5-6,9-10H,1-4,7-8H2,(H,18,22)(H,19,21). The van der Waals surface area contributed by atoms with Crippen molar-refractivity contribution in [1.82, 2.24) is 15.6 Å². The maximum Gasteiger partial charge on any atom is 0.270 e. The summed E-state index contributed by atoms with van der Waals surface area (Å²) in [5.41, 5.74) is 0.371. The summed E-state index contributed by atoms with van der Waals surface area (Å²) < 4.78 is 0.694. The van der Waals surface area contributed by atoms with E-state index in [1.807, 2.05) is 12.1 Å². The quantitative estimate of drug-likeness (QED) is 0.798. The van der Waals surface area contributed by atoms with Crippen LogP contribution in [0.15, 0.2) is 17.5 Å². The highest BCUT2D eigenvalue weighted by molar-refractivity contribution is 7.23. The van der Waals surface area contributed by atoms with Crippen molar-refractivity contribution in [2.45, 2.75) is 38.1 Å². The Bertz CT molecular complexity index is 722. The minimum absolute atomic E-state index is 0.00519. The summed E-state index contributed by atoms with van der Waals surface area (Å²) in [6.07, 6.45) is 4.78. The molecule has 5 nitrogen and oxygen atoms in total. The first-order chi connectivity index (χ1) is 11.6. The number of thiazole rings is 1. The van der Waals surface area contributed by atoms with Gasteiger partial charge in [-0.05, 0) is 25.0 Å². The zero-order chi connectivity index (χ0) is 16.9. The fraction of sp³-hybridized carbons (Fsp3) is 0.438. The van der Waals surface area contributed by atoms with Crippen molar-refractivity contribution in [3.63, 3.8) is 0 Å². The van der Waals surface area contributed by atoms with Crippen molar-refractivity contribution in [2.75, 3.05) is 6.54 Å². The molecule has 0 saturated heterocycles. The molecule has 0 aliphatic heterocycles. The van der Waals surface area contributed by atoms with Gasteiger partial charge in [0.2, 0.25) is 5.91 Å². The first kappa shape index (κ1) is 17.4. The Morgan fingerprint density at radius 3 is 2.79 bits per heavy atom. The Kier molecular flexibility index (Phi) is 5.86. The van der Waals surface area contributed by atoms with Gasteiger partial charge in [0.25, 0.3) is 5.91 Å². The summed E-state index contributed by atoms with van der Waals surface area (Å²) in [4.78, 5) is 29.2. The second-order valence-corrected chi connectivity index (χ2v) is 8.27. The number of carbonyl (C=O) groups is 2. The predicted octanol–water partition coefficient (Wildman–Crippen LogP) is 3.70. The number of nitrogens with one attached hydrogen (secondary N) is 2. The maximum absolute atomic E-state index is 12.1.